The summed E-state index contributed by atoms with van der Waals surface area (Å²) >= 11 is 1.21. The first-order chi connectivity index (χ1) is 14.7. The maximum Gasteiger partial charge on any atom is 0.229 e. The first-order valence-electron chi connectivity index (χ1n) is 9.57. The lowest BCUT2D eigenvalue weighted by Gasteiger charge is -2.22. The van der Waals surface area contributed by atoms with Crippen LogP contribution in [-0.2, 0) is 14.6 Å². The third-order valence-electron chi connectivity index (χ3n) is 4.65. The Labute approximate surface area is 185 Å². The van der Waals surface area contributed by atoms with Gasteiger partial charge in [-0.25, -0.2) is 17.8 Å². The lowest BCUT2D eigenvalue weighted by Crippen LogP contribution is -2.37. The summed E-state index contributed by atoms with van der Waals surface area (Å²) in [4.78, 5) is 21.0. The van der Waals surface area contributed by atoms with Crippen molar-refractivity contribution in [2.45, 2.75) is 11.3 Å². The number of halogens is 1. The van der Waals surface area contributed by atoms with E-state index in [1.807, 2.05) is 19.0 Å². The van der Waals surface area contributed by atoms with Gasteiger partial charge in [0.1, 0.15) is 11.6 Å². The van der Waals surface area contributed by atoms with Gasteiger partial charge in [-0.1, -0.05) is 11.3 Å². The Morgan fingerprint density at radius 3 is 2.48 bits per heavy atom. The Bertz CT molecular complexity index is 1160. The van der Waals surface area contributed by atoms with Gasteiger partial charge in [-0.05, 0) is 56.6 Å². The summed E-state index contributed by atoms with van der Waals surface area (Å²) in [6, 6.07) is 10.3. The minimum absolute atomic E-state index is 0.136. The maximum atomic E-state index is 13.5. The number of ether oxygens (including phenoxy) is 1. The molecule has 0 saturated heterocycles. The van der Waals surface area contributed by atoms with Crippen molar-refractivity contribution >= 4 is 42.4 Å². The summed E-state index contributed by atoms with van der Waals surface area (Å²) in [6.45, 7) is 0.915. The van der Waals surface area contributed by atoms with Gasteiger partial charge in [-0.2, -0.15) is 0 Å². The molecule has 10 heteroatoms. The Morgan fingerprint density at radius 1 is 1.13 bits per heavy atom. The SMILES string of the molecule is COc1ccc(S(=O)(=O)CCC(=O)N(CCN(C)C)c2nc3ccc(F)cc3s2)cc1. The Morgan fingerprint density at radius 2 is 1.84 bits per heavy atom. The number of sulfone groups is 1. The molecule has 0 saturated carbocycles. The number of benzene rings is 2. The van der Waals surface area contributed by atoms with E-state index in [9.17, 15) is 17.6 Å². The van der Waals surface area contributed by atoms with Crippen molar-refractivity contribution in [2.24, 2.45) is 0 Å². The van der Waals surface area contributed by atoms with Gasteiger partial charge in [0.05, 0.1) is 28.0 Å². The van der Waals surface area contributed by atoms with E-state index in [4.69, 9.17) is 4.74 Å². The highest BCUT2D eigenvalue weighted by Gasteiger charge is 2.23. The minimum Gasteiger partial charge on any atom is -0.497 e. The quantitative estimate of drug-likeness (QED) is 0.483. The lowest BCUT2D eigenvalue weighted by atomic mass is 10.3. The lowest BCUT2D eigenvalue weighted by molar-refractivity contribution is -0.118. The molecule has 3 rings (SSSR count). The van der Waals surface area contributed by atoms with Crippen molar-refractivity contribution in [3.63, 3.8) is 0 Å². The fourth-order valence-corrected chi connectivity index (χ4v) is 5.15. The number of hydrogen-bond acceptors (Lipinski definition) is 7. The van der Waals surface area contributed by atoms with Crippen molar-refractivity contribution in [2.75, 3.05) is 44.9 Å². The molecule has 166 valence electrons. The number of nitrogens with zero attached hydrogens (tertiary/aromatic N) is 3. The zero-order valence-corrected chi connectivity index (χ0v) is 19.2. The highest BCUT2D eigenvalue weighted by atomic mass is 32.2. The molecule has 0 fully saturated rings. The van der Waals surface area contributed by atoms with E-state index in [2.05, 4.69) is 4.98 Å². The molecule has 0 spiro atoms. The molecule has 0 unspecified atom stereocenters. The standard InChI is InChI=1S/C21H24FN3O4S2/c1-24(2)11-12-25(21-23-18-9-4-15(22)14-19(18)30-21)20(26)10-13-31(27,28)17-7-5-16(29-3)6-8-17/h4-9,14H,10-13H2,1-3H3. The van der Waals surface area contributed by atoms with Gasteiger partial charge < -0.3 is 9.64 Å². The molecule has 31 heavy (non-hydrogen) atoms. The van der Waals surface area contributed by atoms with Crippen molar-refractivity contribution in [1.29, 1.82) is 0 Å². The molecule has 0 aliphatic rings. The Balaban J connectivity index is 1.78. The average Bonchev–Trinajstić information content (AvgIpc) is 3.15. The largest absolute Gasteiger partial charge is 0.497 e. The van der Waals surface area contributed by atoms with Gasteiger partial charge in [-0.15, -0.1) is 0 Å². The van der Waals surface area contributed by atoms with Crippen LogP contribution in [0.3, 0.4) is 0 Å². The van der Waals surface area contributed by atoms with Crippen LogP contribution in [0, 0.1) is 5.82 Å². The van der Waals surface area contributed by atoms with Gasteiger partial charge in [0, 0.05) is 19.5 Å². The van der Waals surface area contributed by atoms with E-state index < -0.39 is 9.84 Å². The Kier molecular flexibility index (Phi) is 7.24. The van der Waals surface area contributed by atoms with Gasteiger partial charge in [-0.3, -0.25) is 9.69 Å². The highest BCUT2D eigenvalue weighted by molar-refractivity contribution is 7.91. The monoisotopic (exact) mass is 465 g/mol. The van der Waals surface area contributed by atoms with Crippen LogP contribution in [0.1, 0.15) is 6.42 Å². The average molecular weight is 466 g/mol. The zero-order chi connectivity index (χ0) is 22.6. The number of hydrogen-bond donors (Lipinski definition) is 0. The number of carbonyl (C=O) groups excluding carboxylic acids is 1. The molecule has 7 nitrogen and oxygen atoms in total. The van der Waals surface area contributed by atoms with E-state index >= 15 is 0 Å². The van der Waals surface area contributed by atoms with E-state index in [0.29, 0.717) is 34.2 Å². The topological polar surface area (TPSA) is 79.8 Å². The van der Waals surface area contributed by atoms with Gasteiger partial charge >= 0.3 is 0 Å². The number of thiazole rings is 1. The van der Waals surface area contributed by atoms with Gasteiger partial charge in [0.2, 0.25) is 5.91 Å². The first-order valence-corrected chi connectivity index (χ1v) is 12.0. The number of rotatable bonds is 9. The number of methoxy groups -OCH3 is 1. The smallest absolute Gasteiger partial charge is 0.229 e. The number of aromatic nitrogens is 1. The molecule has 0 aliphatic heterocycles. The third-order valence-corrected chi connectivity index (χ3v) is 7.42. The highest BCUT2D eigenvalue weighted by Crippen LogP contribution is 2.30. The molecule has 1 aromatic heterocycles. The molecule has 0 N–H and O–H groups in total. The first kappa shape index (κ1) is 23.1. The summed E-state index contributed by atoms with van der Waals surface area (Å²) in [6.07, 6.45) is -0.188. The number of carbonyl (C=O) groups is 1. The molecule has 0 atom stereocenters. The van der Waals surface area contributed by atoms with Crippen LogP contribution in [0.2, 0.25) is 0 Å². The van der Waals surface area contributed by atoms with Gasteiger partial charge in [0.15, 0.2) is 15.0 Å². The molecule has 0 aliphatic carbocycles. The molecule has 1 amide bonds. The molecular weight excluding hydrogens is 441 g/mol. The molecule has 2 aromatic carbocycles. The zero-order valence-electron chi connectivity index (χ0n) is 17.5. The van der Waals surface area contributed by atoms with E-state index in [1.54, 1.807) is 18.2 Å². The predicted octanol–water partition coefficient (Wildman–Crippen LogP) is 3.20. The number of fused-ring (bicyclic) bond motifs is 1. The van der Waals surface area contributed by atoms with Crippen LogP contribution in [0.15, 0.2) is 47.4 Å². The van der Waals surface area contributed by atoms with Crippen molar-refractivity contribution < 1.29 is 22.3 Å². The number of likely N-dealkylation sites (N-methyl/N-ethyl adjacent to an activating group) is 1. The summed E-state index contributed by atoms with van der Waals surface area (Å²) in [5.74, 6) is -0.494. The van der Waals surface area contributed by atoms with Crippen LogP contribution in [0.4, 0.5) is 9.52 Å². The Hall–Kier alpha value is -2.56. The van der Waals surface area contributed by atoms with Crippen LogP contribution in [0.5, 0.6) is 5.75 Å². The number of anilines is 1. The summed E-state index contributed by atoms with van der Waals surface area (Å²) in [5.41, 5.74) is 0.593. The molecule has 0 radical (unpaired) electrons. The van der Waals surface area contributed by atoms with E-state index in [0.717, 1.165) is 0 Å². The summed E-state index contributed by atoms with van der Waals surface area (Å²) < 4.78 is 44.5. The van der Waals surface area contributed by atoms with E-state index in [-0.39, 0.29) is 28.8 Å². The summed E-state index contributed by atoms with van der Waals surface area (Å²) in [5, 5.41) is 0.425. The second kappa shape index (κ2) is 9.71. The van der Waals surface area contributed by atoms with Gasteiger partial charge in [0.25, 0.3) is 0 Å². The van der Waals surface area contributed by atoms with Crippen LogP contribution in [-0.4, -0.2) is 64.3 Å². The maximum absolute atomic E-state index is 13.5. The molecule has 0 bridgehead atoms. The predicted molar refractivity (Wildman–Crippen MR) is 120 cm³/mol. The van der Waals surface area contributed by atoms with Crippen molar-refractivity contribution in [1.82, 2.24) is 9.88 Å². The summed E-state index contributed by atoms with van der Waals surface area (Å²) in [7, 11) is 1.62. The normalized spacial score (nSPS) is 11.8. The third kappa shape index (κ3) is 5.78. The van der Waals surface area contributed by atoms with Crippen LogP contribution in [0.25, 0.3) is 10.2 Å². The van der Waals surface area contributed by atoms with Crippen molar-refractivity contribution in [3.05, 3.63) is 48.3 Å². The second-order valence-electron chi connectivity index (χ2n) is 7.20. The van der Waals surface area contributed by atoms with Crippen LogP contribution >= 0.6 is 11.3 Å². The fourth-order valence-electron chi connectivity index (χ4n) is 2.89. The van der Waals surface area contributed by atoms with E-state index in [1.165, 1.54) is 47.6 Å². The molecule has 1 heterocycles. The minimum atomic E-state index is -3.64. The van der Waals surface area contributed by atoms with Crippen LogP contribution < -0.4 is 9.64 Å². The molecular formula is C21H24FN3O4S2. The second-order valence-corrected chi connectivity index (χ2v) is 10.3. The molecule has 3 aromatic rings. The van der Waals surface area contributed by atoms with Crippen molar-refractivity contribution in [3.8, 4) is 5.75 Å². The fraction of sp³-hybridized carbons (Fsp3) is 0.333. The number of amides is 1.